The van der Waals surface area contributed by atoms with E-state index in [9.17, 15) is 0 Å². The van der Waals surface area contributed by atoms with Gasteiger partial charge in [-0.1, -0.05) is 24.3 Å². The molecule has 0 amide bonds. The summed E-state index contributed by atoms with van der Waals surface area (Å²) < 4.78 is 0. The van der Waals surface area contributed by atoms with Crippen molar-refractivity contribution in [1.82, 2.24) is 0 Å². The third-order valence-corrected chi connectivity index (χ3v) is 2.31. The molecule has 2 heteroatoms. The summed E-state index contributed by atoms with van der Waals surface area (Å²) in [4.78, 5) is 0. The number of nitrogens with two attached hydrogens (primary N) is 2. The van der Waals surface area contributed by atoms with Crippen LogP contribution < -0.4 is 11.5 Å². The van der Waals surface area contributed by atoms with Gasteiger partial charge in [-0.2, -0.15) is 0 Å². The molecule has 2 nitrogen and oxygen atoms in total. The highest BCUT2D eigenvalue weighted by atomic mass is 14.6. The molecule has 0 radical (unpaired) electrons. The van der Waals surface area contributed by atoms with E-state index in [-0.39, 0.29) is 6.04 Å². The van der Waals surface area contributed by atoms with Gasteiger partial charge in [-0.05, 0) is 37.4 Å². The minimum atomic E-state index is 0.143. The first-order valence-corrected chi connectivity index (χ1v) is 4.77. The van der Waals surface area contributed by atoms with Crippen molar-refractivity contribution in [2.75, 3.05) is 6.54 Å². The van der Waals surface area contributed by atoms with Crippen LogP contribution in [-0.4, -0.2) is 6.54 Å². The van der Waals surface area contributed by atoms with Crippen molar-refractivity contribution < 1.29 is 0 Å². The van der Waals surface area contributed by atoms with Crippen molar-refractivity contribution in [2.45, 2.75) is 25.8 Å². The van der Waals surface area contributed by atoms with Gasteiger partial charge in [-0.25, -0.2) is 0 Å². The third kappa shape index (κ3) is 2.83. The molecular weight excluding hydrogens is 160 g/mol. The predicted octanol–water partition coefficient (Wildman–Crippen LogP) is 1.73. The molecule has 0 aromatic heterocycles. The Morgan fingerprint density at radius 1 is 1.31 bits per heavy atom. The van der Waals surface area contributed by atoms with E-state index in [1.54, 1.807) is 0 Å². The van der Waals surface area contributed by atoms with Gasteiger partial charge >= 0.3 is 0 Å². The summed E-state index contributed by atoms with van der Waals surface area (Å²) in [6, 6.07) is 8.40. The minimum Gasteiger partial charge on any atom is -0.330 e. The smallest absolute Gasteiger partial charge is 0.0297 e. The van der Waals surface area contributed by atoms with E-state index in [4.69, 9.17) is 11.5 Å². The first-order valence-electron chi connectivity index (χ1n) is 4.77. The highest BCUT2D eigenvalue weighted by Gasteiger charge is 2.06. The van der Waals surface area contributed by atoms with Gasteiger partial charge in [0, 0.05) is 6.04 Å². The fourth-order valence-electron chi connectivity index (χ4n) is 1.50. The Bertz CT molecular complexity index is 258. The maximum atomic E-state index is 6.03. The van der Waals surface area contributed by atoms with Crippen LogP contribution in [0.4, 0.5) is 0 Å². The van der Waals surface area contributed by atoms with Crippen molar-refractivity contribution in [2.24, 2.45) is 11.5 Å². The molecule has 0 spiro atoms. The quantitative estimate of drug-likeness (QED) is 0.737. The number of benzene rings is 1. The minimum absolute atomic E-state index is 0.143. The molecule has 0 unspecified atom stereocenters. The first-order chi connectivity index (χ1) is 6.25. The summed E-state index contributed by atoms with van der Waals surface area (Å²) in [5.41, 5.74) is 14.0. The summed E-state index contributed by atoms with van der Waals surface area (Å²) in [6.45, 7) is 2.82. The summed E-state index contributed by atoms with van der Waals surface area (Å²) >= 11 is 0. The molecule has 1 atom stereocenters. The Hall–Kier alpha value is -0.860. The van der Waals surface area contributed by atoms with Gasteiger partial charge < -0.3 is 11.5 Å². The van der Waals surface area contributed by atoms with Crippen LogP contribution in [-0.2, 0) is 0 Å². The molecule has 0 aliphatic carbocycles. The van der Waals surface area contributed by atoms with E-state index in [1.807, 2.05) is 12.1 Å². The molecule has 0 aliphatic heterocycles. The Kier molecular flexibility index (Phi) is 3.93. The molecule has 1 aromatic carbocycles. The molecule has 0 heterocycles. The maximum Gasteiger partial charge on any atom is 0.0297 e. The largest absolute Gasteiger partial charge is 0.330 e. The first kappa shape index (κ1) is 10.2. The standard InChI is InChI=1S/C11H18N2/c1-9-5-2-3-6-10(9)11(13)7-4-8-12/h2-3,5-6,11H,4,7-8,12-13H2,1H3/t11-/m0/s1. The molecule has 0 saturated carbocycles. The molecule has 13 heavy (non-hydrogen) atoms. The number of aryl methyl sites for hydroxylation is 1. The van der Waals surface area contributed by atoms with Gasteiger partial charge in [0.1, 0.15) is 0 Å². The van der Waals surface area contributed by atoms with Crippen molar-refractivity contribution in [3.63, 3.8) is 0 Å². The lowest BCUT2D eigenvalue weighted by atomic mass is 9.98. The van der Waals surface area contributed by atoms with Crippen LogP contribution in [0.2, 0.25) is 0 Å². The SMILES string of the molecule is Cc1ccccc1[C@@H](N)CCCN. The second-order valence-corrected chi connectivity index (χ2v) is 3.39. The summed E-state index contributed by atoms with van der Waals surface area (Å²) in [7, 11) is 0. The van der Waals surface area contributed by atoms with Gasteiger partial charge in [-0.15, -0.1) is 0 Å². The third-order valence-electron chi connectivity index (χ3n) is 2.31. The fraction of sp³-hybridized carbons (Fsp3) is 0.455. The number of hydrogen-bond donors (Lipinski definition) is 2. The summed E-state index contributed by atoms with van der Waals surface area (Å²) in [5, 5.41) is 0. The molecule has 4 N–H and O–H groups in total. The lowest BCUT2D eigenvalue weighted by molar-refractivity contribution is 0.615. The van der Waals surface area contributed by atoms with Crippen LogP contribution in [0.1, 0.15) is 30.0 Å². The van der Waals surface area contributed by atoms with Crippen LogP contribution in [0, 0.1) is 6.92 Å². The fourth-order valence-corrected chi connectivity index (χ4v) is 1.50. The van der Waals surface area contributed by atoms with Crippen molar-refractivity contribution >= 4 is 0 Å². The van der Waals surface area contributed by atoms with Crippen LogP contribution in [0.15, 0.2) is 24.3 Å². The zero-order valence-electron chi connectivity index (χ0n) is 8.16. The van der Waals surface area contributed by atoms with Gasteiger partial charge in [0.25, 0.3) is 0 Å². The summed E-state index contributed by atoms with van der Waals surface area (Å²) in [6.07, 6.45) is 1.97. The molecule has 0 saturated heterocycles. The van der Waals surface area contributed by atoms with Crippen LogP contribution >= 0.6 is 0 Å². The monoisotopic (exact) mass is 178 g/mol. The lowest BCUT2D eigenvalue weighted by Crippen LogP contribution is -2.13. The molecule has 1 rings (SSSR count). The Balaban J connectivity index is 2.65. The number of hydrogen-bond acceptors (Lipinski definition) is 2. The van der Waals surface area contributed by atoms with E-state index in [1.165, 1.54) is 11.1 Å². The Morgan fingerprint density at radius 3 is 2.62 bits per heavy atom. The molecule has 0 fully saturated rings. The normalized spacial score (nSPS) is 12.8. The second kappa shape index (κ2) is 5.00. The molecular formula is C11H18N2. The van der Waals surface area contributed by atoms with E-state index in [2.05, 4.69) is 19.1 Å². The average Bonchev–Trinajstić information content (AvgIpc) is 2.15. The van der Waals surface area contributed by atoms with E-state index >= 15 is 0 Å². The van der Waals surface area contributed by atoms with Gasteiger partial charge in [0.2, 0.25) is 0 Å². The Morgan fingerprint density at radius 2 is 2.00 bits per heavy atom. The van der Waals surface area contributed by atoms with Crippen molar-refractivity contribution in [1.29, 1.82) is 0 Å². The van der Waals surface area contributed by atoms with Gasteiger partial charge in [0.15, 0.2) is 0 Å². The lowest BCUT2D eigenvalue weighted by Gasteiger charge is -2.13. The van der Waals surface area contributed by atoms with Crippen LogP contribution in [0.3, 0.4) is 0 Å². The van der Waals surface area contributed by atoms with E-state index in [0.717, 1.165) is 19.4 Å². The van der Waals surface area contributed by atoms with Crippen LogP contribution in [0.25, 0.3) is 0 Å². The van der Waals surface area contributed by atoms with E-state index in [0.29, 0.717) is 0 Å². The average molecular weight is 178 g/mol. The zero-order valence-corrected chi connectivity index (χ0v) is 8.16. The van der Waals surface area contributed by atoms with Crippen LogP contribution in [0.5, 0.6) is 0 Å². The molecule has 0 bridgehead atoms. The Labute approximate surface area is 79.9 Å². The van der Waals surface area contributed by atoms with E-state index < -0.39 is 0 Å². The number of rotatable bonds is 4. The topological polar surface area (TPSA) is 52.0 Å². The zero-order chi connectivity index (χ0) is 9.68. The highest BCUT2D eigenvalue weighted by molar-refractivity contribution is 5.28. The molecule has 72 valence electrons. The maximum absolute atomic E-state index is 6.03. The van der Waals surface area contributed by atoms with Crippen molar-refractivity contribution in [3.8, 4) is 0 Å². The molecule has 0 aliphatic rings. The van der Waals surface area contributed by atoms with Crippen molar-refractivity contribution in [3.05, 3.63) is 35.4 Å². The van der Waals surface area contributed by atoms with Gasteiger partial charge in [-0.3, -0.25) is 0 Å². The van der Waals surface area contributed by atoms with Gasteiger partial charge in [0.05, 0.1) is 0 Å². The predicted molar refractivity (Wildman–Crippen MR) is 56.4 cm³/mol. The molecule has 1 aromatic rings. The highest BCUT2D eigenvalue weighted by Crippen LogP contribution is 2.18. The second-order valence-electron chi connectivity index (χ2n) is 3.39. The summed E-state index contributed by atoms with van der Waals surface area (Å²) in [5.74, 6) is 0.